The highest BCUT2D eigenvalue weighted by atomic mass is 35.5. The smallest absolute Gasteiger partial charge is 0.353 e. The van der Waals surface area contributed by atoms with E-state index in [2.05, 4.69) is 19.8 Å². The maximum absolute atomic E-state index is 12.8. The van der Waals surface area contributed by atoms with Crippen LogP contribution in [0, 0.1) is 0 Å². The lowest BCUT2D eigenvalue weighted by atomic mass is 10.0. The largest absolute Gasteiger partial charge is 0.477 e. The number of halogens is 1. The number of amides is 2. The minimum absolute atomic E-state index is 0.0429. The van der Waals surface area contributed by atoms with Gasteiger partial charge in [0.05, 0.1) is 5.03 Å². The molecule has 32 heavy (non-hydrogen) atoms. The van der Waals surface area contributed by atoms with Crippen LogP contribution in [-0.2, 0) is 28.8 Å². The fourth-order valence-electron chi connectivity index (χ4n) is 2.77. The number of carboxylic acids is 1. The van der Waals surface area contributed by atoms with Crippen LogP contribution in [0.1, 0.15) is 26.6 Å². The van der Waals surface area contributed by atoms with E-state index in [0.29, 0.717) is 0 Å². The van der Waals surface area contributed by atoms with Gasteiger partial charge in [0.2, 0.25) is 18.1 Å². The molecule has 2 atom stereocenters. The predicted molar refractivity (Wildman–Crippen MR) is 114 cm³/mol. The van der Waals surface area contributed by atoms with Gasteiger partial charge in [0.15, 0.2) is 0 Å². The van der Waals surface area contributed by atoms with Gasteiger partial charge in [0.1, 0.15) is 28.2 Å². The third kappa shape index (κ3) is 5.19. The first-order valence-corrected chi connectivity index (χ1v) is 11.3. The summed E-state index contributed by atoms with van der Waals surface area (Å²) < 4.78 is 9.03. The van der Waals surface area contributed by atoms with E-state index in [4.69, 9.17) is 21.2 Å². The van der Waals surface area contributed by atoms with Crippen LogP contribution < -0.4 is 5.32 Å². The van der Waals surface area contributed by atoms with Gasteiger partial charge in [-0.15, -0.1) is 11.8 Å². The van der Waals surface area contributed by atoms with Gasteiger partial charge < -0.3 is 20.0 Å². The molecule has 2 amide bonds. The SMILES string of the molecule is CC(C)(C)OC(=O)CO/N=C(/C(=O)NC1C(=O)N2C(C(=O)O)=C(Cl)CSC12)c1ncsn1. The number of fused-ring (bicyclic) bond motifs is 1. The van der Waals surface area contributed by atoms with Crippen LogP contribution in [0.15, 0.2) is 21.4 Å². The van der Waals surface area contributed by atoms with Crippen molar-refractivity contribution in [3.63, 3.8) is 0 Å². The quantitative estimate of drug-likeness (QED) is 0.232. The fourth-order valence-corrected chi connectivity index (χ4v) is 4.75. The molecule has 0 aromatic carbocycles. The summed E-state index contributed by atoms with van der Waals surface area (Å²) in [5, 5.41) is 14.9. The highest BCUT2D eigenvalue weighted by Gasteiger charge is 2.54. The number of aliphatic carboxylic acids is 1. The Morgan fingerprint density at radius 3 is 2.72 bits per heavy atom. The average molecular weight is 504 g/mol. The van der Waals surface area contributed by atoms with E-state index in [1.54, 1.807) is 20.8 Å². The predicted octanol–water partition coefficient (Wildman–Crippen LogP) is 0.535. The lowest BCUT2D eigenvalue weighted by Gasteiger charge is -2.48. The normalized spacial score (nSPS) is 20.9. The van der Waals surface area contributed by atoms with Crippen molar-refractivity contribution in [2.75, 3.05) is 12.4 Å². The molecule has 3 heterocycles. The van der Waals surface area contributed by atoms with Crippen LogP contribution in [0.5, 0.6) is 0 Å². The summed E-state index contributed by atoms with van der Waals surface area (Å²) in [6.45, 7) is 4.50. The van der Waals surface area contributed by atoms with E-state index >= 15 is 0 Å². The van der Waals surface area contributed by atoms with Crippen molar-refractivity contribution in [3.8, 4) is 0 Å². The Bertz CT molecular complexity index is 1010. The molecule has 15 heteroatoms. The molecule has 0 bridgehead atoms. The molecule has 2 unspecified atom stereocenters. The molecule has 1 fully saturated rings. The Kier molecular flexibility index (Phi) is 7.05. The molecule has 1 aromatic heterocycles. The summed E-state index contributed by atoms with van der Waals surface area (Å²) in [7, 11) is 0. The number of oxime groups is 1. The van der Waals surface area contributed by atoms with Gasteiger partial charge in [0, 0.05) is 5.75 Å². The molecule has 1 saturated heterocycles. The lowest BCUT2D eigenvalue weighted by Crippen LogP contribution is -2.71. The number of thioether (sulfide) groups is 1. The highest BCUT2D eigenvalue weighted by Crippen LogP contribution is 2.41. The van der Waals surface area contributed by atoms with E-state index in [-0.39, 0.29) is 28.0 Å². The van der Waals surface area contributed by atoms with Crippen molar-refractivity contribution in [2.24, 2.45) is 5.16 Å². The monoisotopic (exact) mass is 503 g/mol. The number of β-lactam (4-membered cyclic amide) rings is 1. The molecule has 172 valence electrons. The Labute approximate surface area is 195 Å². The second kappa shape index (κ2) is 9.42. The minimum atomic E-state index is -1.33. The maximum Gasteiger partial charge on any atom is 0.353 e. The summed E-state index contributed by atoms with van der Waals surface area (Å²) in [5.41, 5.74) is -0.0118. The molecular formula is C17H18ClN5O7S2. The molecular weight excluding hydrogens is 486 g/mol. The van der Waals surface area contributed by atoms with Crippen molar-refractivity contribution in [1.82, 2.24) is 19.6 Å². The highest BCUT2D eigenvalue weighted by molar-refractivity contribution is 8.00. The van der Waals surface area contributed by atoms with Crippen molar-refractivity contribution in [1.29, 1.82) is 0 Å². The maximum atomic E-state index is 12.8. The van der Waals surface area contributed by atoms with Gasteiger partial charge in [-0.25, -0.2) is 14.6 Å². The first-order valence-electron chi connectivity index (χ1n) is 9.05. The molecule has 0 saturated carbocycles. The van der Waals surface area contributed by atoms with Crippen LogP contribution in [-0.4, -0.2) is 78.2 Å². The summed E-state index contributed by atoms with van der Waals surface area (Å²) in [5.74, 6) is -3.37. The molecule has 12 nitrogen and oxygen atoms in total. The third-order valence-electron chi connectivity index (χ3n) is 3.96. The number of aromatic nitrogens is 2. The van der Waals surface area contributed by atoms with E-state index in [0.717, 1.165) is 16.4 Å². The topological polar surface area (TPSA) is 160 Å². The zero-order chi connectivity index (χ0) is 23.6. The standard InChI is InChI=1S/C17H18ClN5O7S2/c1-17(2,3)30-8(24)4-29-21-9(12-19-6-32-22-12)13(25)20-10-14(26)23-11(16(27)28)7(18)5-31-15(10)23/h6,10,15H,4-5H2,1-3H3,(H,20,25)(H,27,28)/b21-9+. The molecule has 2 aliphatic rings. The Balaban J connectivity index is 1.70. The number of hydrogen-bond acceptors (Lipinski definition) is 11. The van der Waals surface area contributed by atoms with Crippen molar-refractivity contribution in [3.05, 3.63) is 22.1 Å². The van der Waals surface area contributed by atoms with Gasteiger partial charge >= 0.3 is 11.9 Å². The molecule has 0 aliphatic carbocycles. The van der Waals surface area contributed by atoms with Crippen molar-refractivity contribution in [2.45, 2.75) is 37.8 Å². The number of rotatable bonds is 7. The summed E-state index contributed by atoms with van der Waals surface area (Å²) >= 11 is 8.11. The zero-order valence-corrected chi connectivity index (χ0v) is 19.4. The second-order valence-electron chi connectivity index (χ2n) is 7.47. The number of nitrogens with one attached hydrogen (secondary N) is 1. The average Bonchev–Trinajstić information content (AvgIpc) is 3.21. The summed E-state index contributed by atoms with van der Waals surface area (Å²) in [6.07, 6.45) is 0. The Hall–Kier alpha value is -2.71. The molecule has 0 spiro atoms. The first kappa shape index (κ1) is 23.9. The zero-order valence-electron chi connectivity index (χ0n) is 17.0. The van der Waals surface area contributed by atoms with Crippen LogP contribution in [0.4, 0.5) is 0 Å². The second-order valence-corrected chi connectivity index (χ2v) is 9.64. The molecule has 3 rings (SSSR count). The van der Waals surface area contributed by atoms with Gasteiger partial charge in [-0.1, -0.05) is 16.8 Å². The number of esters is 1. The summed E-state index contributed by atoms with van der Waals surface area (Å²) in [6, 6.07) is -1.01. The van der Waals surface area contributed by atoms with Gasteiger partial charge in [-0.05, 0) is 32.3 Å². The molecule has 2 N–H and O–H groups in total. The fraction of sp³-hybridized carbons (Fsp3) is 0.471. The van der Waals surface area contributed by atoms with E-state index < -0.39 is 47.4 Å². The first-order chi connectivity index (χ1) is 15.0. The van der Waals surface area contributed by atoms with E-state index in [1.807, 2.05) is 0 Å². The van der Waals surface area contributed by atoms with Crippen LogP contribution in [0.25, 0.3) is 0 Å². The number of ether oxygens (including phenoxy) is 1. The van der Waals surface area contributed by atoms with Crippen LogP contribution >= 0.6 is 34.9 Å². The van der Waals surface area contributed by atoms with Crippen LogP contribution in [0.2, 0.25) is 0 Å². The Morgan fingerprint density at radius 1 is 1.41 bits per heavy atom. The molecule has 0 radical (unpaired) electrons. The number of nitrogens with zero attached hydrogens (tertiary/aromatic N) is 4. The Morgan fingerprint density at radius 2 is 2.12 bits per heavy atom. The number of carbonyl (C=O) groups excluding carboxylic acids is 3. The molecule has 2 aliphatic heterocycles. The number of carboxylic acid groups (broad SMARTS) is 1. The van der Waals surface area contributed by atoms with Gasteiger partial charge in [-0.2, -0.15) is 4.37 Å². The number of carbonyl (C=O) groups is 4. The van der Waals surface area contributed by atoms with Gasteiger partial charge in [-0.3, -0.25) is 14.5 Å². The van der Waals surface area contributed by atoms with Crippen LogP contribution in [0.3, 0.4) is 0 Å². The lowest BCUT2D eigenvalue weighted by molar-refractivity contribution is -0.160. The summed E-state index contributed by atoms with van der Waals surface area (Å²) in [4.78, 5) is 58.4. The van der Waals surface area contributed by atoms with Crippen molar-refractivity contribution < 1.29 is 33.9 Å². The minimum Gasteiger partial charge on any atom is -0.477 e. The van der Waals surface area contributed by atoms with E-state index in [9.17, 15) is 24.3 Å². The number of hydrogen-bond donors (Lipinski definition) is 2. The third-order valence-corrected chi connectivity index (χ3v) is 6.19. The van der Waals surface area contributed by atoms with Gasteiger partial charge in [0.25, 0.3) is 11.8 Å². The molecule has 1 aromatic rings. The van der Waals surface area contributed by atoms with Crippen molar-refractivity contribution >= 4 is 64.4 Å². The van der Waals surface area contributed by atoms with E-state index in [1.165, 1.54) is 17.3 Å².